The number of Topliss-reactive ketones (excluding diaryl/α,β-unsaturated/α-hetero) is 1. The number of carbonyl (C=O) groups excluding carboxylic acids is 3. The maximum absolute atomic E-state index is 13.1. The van der Waals surface area contributed by atoms with Crippen LogP contribution in [0.5, 0.6) is 0 Å². The lowest BCUT2D eigenvalue weighted by Crippen LogP contribution is -2.62. The number of rotatable bonds is 13. The molecule has 39 heavy (non-hydrogen) atoms. The van der Waals surface area contributed by atoms with Crippen LogP contribution >= 0.6 is 0 Å². The lowest BCUT2D eigenvalue weighted by molar-refractivity contribution is -0.251. The molecular weight excluding hydrogens is 506 g/mol. The number of hydrogen-bond acceptors (Lipinski definition) is 10. The monoisotopic (exact) mass is 543 g/mol. The summed E-state index contributed by atoms with van der Waals surface area (Å²) in [4.78, 5) is 38.1. The molecule has 1 aliphatic heterocycles. The van der Waals surface area contributed by atoms with Crippen LogP contribution in [0.3, 0.4) is 0 Å². The van der Waals surface area contributed by atoms with E-state index in [1.54, 1.807) is 0 Å². The van der Waals surface area contributed by atoms with Crippen molar-refractivity contribution in [3.63, 3.8) is 0 Å². The Morgan fingerprint density at radius 1 is 0.897 bits per heavy atom. The molecule has 11 heteroatoms. The van der Waals surface area contributed by atoms with Gasteiger partial charge in [-0.3, -0.25) is 14.4 Å². The molecule has 2 aromatic rings. The summed E-state index contributed by atoms with van der Waals surface area (Å²) in [7, 11) is 0. The minimum atomic E-state index is -1.51. The van der Waals surface area contributed by atoms with Crippen LogP contribution in [0.25, 0.3) is 0 Å². The molecule has 1 saturated heterocycles. The zero-order valence-electron chi connectivity index (χ0n) is 21.6. The molecule has 1 fully saturated rings. The maximum atomic E-state index is 13.1. The van der Waals surface area contributed by atoms with E-state index in [0.717, 1.165) is 11.1 Å². The minimum Gasteiger partial charge on any atom is -0.463 e. The Hall–Kier alpha value is -3.19. The second-order valence-corrected chi connectivity index (χ2v) is 9.67. The van der Waals surface area contributed by atoms with Crippen molar-refractivity contribution < 1.29 is 39.2 Å². The van der Waals surface area contributed by atoms with Crippen molar-refractivity contribution in [1.29, 1.82) is 0 Å². The van der Waals surface area contributed by atoms with Crippen molar-refractivity contribution in [2.75, 3.05) is 6.61 Å². The van der Waals surface area contributed by atoms with Crippen LogP contribution in [-0.2, 0) is 36.7 Å². The van der Waals surface area contributed by atoms with Gasteiger partial charge >= 0.3 is 5.97 Å². The number of hydrogen-bond donors (Lipinski definition) is 6. The largest absolute Gasteiger partial charge is 0.463 e. The van der Waals surface area contributed by atoms with Crippen LogP contribution in [0.15, 0.2) is 60.7 Å². The van der Waals surface area contributed by atoms with Gasteiger partial charge in [0.2, 0.25) is 5.91 Å². The second kappa shape index (κ2) is 14.8. The van der Waals surface area contributed by atoms with E-state index in [9.17, 15) is 29.7 Å². The molecule has 11 nitrogen and oxygen atoms in total. The average molecular weight is 544 g/mol. The van der Waals surface area contributed by atoms with Crippen molar-refractivity contribution in [3.8, 4) is 0 Å². The van der Waals surface area contributed by atoms with E-state index in [1.807, 2.05) is 60.7 Å². The fourth-order valence-corrected chi connectivity index (χ4v) is 4.27. The van der Waals surface area contributed by atoms with Crippen molar-refractivity contribution in [3.05, 3.63) is 71.8 Å². The van der Waals surface area contributed by atoms with Gasteiger partial charge < -0.3 is 41.6 Å². The molecule has 0 radical (unpaired) electrons. The van der Waals surface area contributed by atoms with Gasteiger partial charge in [-0.25, -0.2) is 0 Å². The van der Waals surface area contributed by atoms with Gasteiger partial charge in [-0.15, -0.1) is 0 Å². The summed E-state index contributed by atoms with van der Waals surface area (Å²) in [5.41, 5.74) is 13.4. The Morgan fingerprint density at radius 2 is 1.49 bits per heavy atom. The van der Waals surface area contributed by atoms with Crippen LogP contribution in [-0.4, -0.2) is 82.3 Å². The molecule has 0 saturated carbocycles. The summed E-state index contributed by atoms with van der Waals surface area (Å²) in [6.45, 7) is -0.402. The zero-order valence-corrected chi connectivity index (χ0v) is 21.6. The van der Waals surface area contributed by atoms with E-state index in [1.165, 1.54) is 0 Å². The third kappa shape index (κ3) is 9.20. The van der Waals surface area contributed by atoms with Crippen LogP contribution in [0.1, 0.15) is 30.4 Å². The topological polar surface area (TPSA) is 194 Å². The molecule has 7 atom stereocenters. The molecule has 1 aliphatic rings. The van der Waals surface area contributed by atoms with Crippen molar-refractivity contribution in [1.82, 2.24) is 5.32 Å². The summed E-state index contributed by atoms with van der Waals surface area (Å²) in [6.07, 6.45) is -4.86. The first kappa shape index (κ1) is 30.4. The molecule has 0 aromatic heterocycles. The number of nitrogens with one attached hydrogen (secondary N) is 1. The van der Waals surface area contributed by atoms with Gasteiger partial charge in [0.1, 0.15) is 24.9 Å². The van der Waals surface area contributed by atoms with Gasteiger partial charge in [-0.05, 0) is 30.4 Å². The Balaban J connectivity index is 1.50. The van der Waals surface area contributed by atoms with E-state index in [4.69, 9.17) is 20.9 Å². The van der Waals surface area contributed by atoms with Gasteiger partial charge in [-0.2, -0.15) is 0 Å². The SMILES string of the molecule is NC(Cc1ccccc1)C(=O)NC(Cc1ccccc1)C(=O)CCCC(=O)OCC1OC(O)C(N)C(O)C1O. The summed E-state index contributed by atoms with van der Waals surface area (Å²) in [5.74, 6) is -1.34. The Labute approximate surface area is 227 Å². The van der Waals surface area contributed by atoms with Gasteiger partial charge in [0.15, 0.2) is 12.1 Å². The van der Waals surface area contributed by atoms with E-state index < -0.39 is 61.2 Å². The van der Waals surface area contributed by atoms with E-state index in [0.29, 0.717) is 6.42 Å². The summed E-state index contributed by atoms with van der Waals surface area (Å²) in [6, 6.07) is 15.7. The number of nitrogens with two attached hydrogens (primary N) is 2. The molecule has 8 N–H and O–H groups in total. The first-order valence-electron chi connectivity index (χ1n) is 12.9. The van der Waals surface area contributed by atoms with Gasteiger partial charge in [-0.1, -0.05) is 60.7 Å². The number of benzene rings is 2. The predicted octanol–water partition coefficient (Wildman–Crippen LogP) is -0.667. The third-order valence-electron chi connectivity index (χ3n) is 6.60. The first-order chi connectivity index (χ1) is 18.7. The number of ether oxygens (including phenoxy) is 2. The smallest absolute Gasteiger partial charge is 0.305 e. The fraction of sp³-hybridized carbons (Fsp3) is 0.464. The number of ketones is 1. The highest BCUT2D eigenvalue weighted by Crippen LogP contribution is 2.19. The zero-order chi connectivity index (χ0) is 28.4. The molecule has 1 heterocycles. The number of aliphatic hydroxyl groups excluding tert-OH is 3. The molecule has 2 aromatic carbocycles. The Kier molecular flexibility index (Phi) is 11.5. The van der Waals surface area contributed by atoms with E-state index in [-0.39, 0.29) is 31.5 Å². The van der Waals surface area contributed by atoms with Crippen LogP contribution < -0.4 is 16.8 Å². The second-order valence-electron chi connectivity index (χ2n) is 9.67. The van der Waals surface area contributed by atoms with Crippen molar-refractivity contribution in [2.45, 2.75) is 74.8 Å². The molecule has 3 rings (SSSR count). The van der Waals surface area contributed by atoms with E-state index in [2.05, 4.69) is 5.32 Å². The van der Waals surface area contributed by atoms with Crippen LogP contribution in [0.2, 0.25) is 0 Å². The molecular formula is C28H37N3O8. The van der Waals surface area contributed by atoms with Gasteiger partial charge in [0.25, 0.3) is 0 Å². The molecule has 7 unspecified atom stereocenters. The van der Waals surface area contributed by atoms with Crippen molar-refractivity contribution >= 4 is 17.7 Å². The fourth-order valence-electron chi connectivity index (χ4n) is 4.27. The first-order valence-corrected chi connectivity index (χ1v) is 12.9. The number of carbonyl (C=O) groups is 3. The highest BCUT2D eigenvalue weighted by Gasteiger charge is 2.42. The van der Waals surface area contributed by atoms with E-state index >= 15 is 0 Å². The minimum absolute atomic E-state index is 0.00956. The van der Waals surface area contributed by atoms with Crippen molar-refractivity contribution in [2.24, 2.45) is 11.5 Å². The average Bonchev–Trinajstić information content (AvgIpc) is 2.93. The Morgan fingerprint density at radius 3 is 2.10 bits per heavy atom. The maximum Gasteiger partial charge on any atom is 0.305 e. The molecule has 0 spiro atoms. The number of amides is 1. The third-order valence-corrected chi connectivity index (χ3v) is 6.60. The highest BCUT2D eigenvalue weighted by molar-refractivity contribution is 5.91. The lowest BCUT2D eigenvalue weighted by Gasteiger charge is -2.38. The predicted molar refractivity (Wildman–Crippen MR) is 141 cm³/mol. The molecule has 0 aliphatic carbocycles. The summed E-state index contributed by atoms with van der Waals surface area (Å²) in [5, 5.41) is 32.3. The number of esters is 1. The summed E-state index contributed by atoms with van der Waals surface area (Å²) >= 11 is 0. The Bertz CT molecular complexity index is 1070. The highest BCUT2D eigenvalue weighted by atomic mass is 16.6. The van der Waals surface area contributed by atoms with Crippen LogP contribution in [0, 0.1) is 0 Å². The molecule has 212 valence electrons. The quantitative estimate of drug-likeness (QED) is 0.176. The lowest BCUT2D eigenvalue weighted by atomic mass is 9.97. The van der Waals surface area contributed by atoms with Gasteiger partial charge in [0, 0.05) is 12.8 Å². The van der Waals surface area contributed by atoms with Crippen LogP contribution in [0.4, 0.5) is 0 Å². The summed E-state index contributed by atoms with van der Waals surface area (Å²) < 4.78 is 10.2. The molecule has 0 bridgehead atoms. The van der Waals surface area contributed by atoms with Gasteiger partial charge in [0.05, 0.1) is 18.1 Å². The number of aliphatic hydroxyl groups is 3. The standard InChI is InChI=1S/C28H37N3O8/c29-19(14-17-8-3-1-4-9-17)27(36)31-20(15-18-10-5-2-6-11-18)21(32)12-7-13-23(33)38-16-22-25(34)26(35)24(30)28(37)39-22/h1-6,8-11,19-20,22,24-26,28,34-35,37H,7,12-16,29-30H2,(H,31,36). The molecule has 1 amide bonds. The normalized spacial score (nSPS) is 24.4.